The van der Waals surface area contributed by atoms with E-state index in [1.807, 2.05) is 0 Å². The molecule has 3 atom stereocenters. The summed E-state index contributed by atoms with van der Waals surface area (Å²) in [5.74, 6) is -3.67. The molecule has 3 heteroatoms. The van der Waals surface area contributed by atoms with Gasteiger partial charge in [0.25, 0.3) is 0 Å². The summed E-state index contributed by atoms with van der Waals surface area (Å²) in [6, 6.07) is -1.67. The quantitative estimate of drug-likeness (QED) is 0.555. The zero-order valence-corrected chi connectivity index (χ0v) is 5.09. The van der Waals surface area contributed by atoms with Gasteiger partial charge in [-0.25, -0.2) is 0 Å². The first-order chi connectivity index (χ1) is 6.01. The number of rotatable bonds is 3. The summed E-state index contributed by atoms with van der Waals surface area (Å²) < 4.78 is 35.7. The van der Waals surface area contributed by atoms with Crippen LogP contribution in [0.25, 0.3) is 0 Å². The summed E-state index contributed by atoms with van der Waals surface area (Å²) in [5, 5.41) is 8.47. The molecule has 0 saturated carbocycles. The van der Waals surface area contributed by atoms with Gasteiger partial charge in [-0.2, -0.15) is 0 Å². The SMILES string of the molecule is [2H][C@@H]([C@@H](N)C(=O)O)[C@]([2H])([13CH3])C([2H])([2H])[2H]. The van der Waals surface area contributed by atoms with Crippen molar-refractivity contribution in [2.75, 3.05) is 0 Å². The van der Waals surface area contributed by atoms with E-state index >= 15 is 0 Å². The fourth-order valence-corrected chi connectivity index (χ4v) is 0.341. The van der Waals surface area contributed by atoms with Crippen LogP contribution < -0.4 is 5.73 Å². The Morgan fingerprint density at radius 1 is 2.22 bits per heavy atom. The number of nitrogens with two attached hydrogens (primary N) is 1. The smallest absolute Gasteiger partial charge is 0.320 e. The van der Waals surface area contributed by atoms with E-state index in [1.165, 1.54) is 0 Å². The molecule has 0 bridgehead atoms. The number of hydrogen-bond acceptors (Lipinski definition) is 2. The first kappa shape index (κ1) is 3.01. The van der Waals surface area contributed by atoms with Crippen LogP contribution in [0.4, 0.5) is 0 Å². The van der Waals surface area contributed by atoms with Crippen molar-refractivity contribution in [3.8, 4) is 0 Å². The minimum Gasteiger partial charge on any atom is -0.480 e. The van der Waals surface area contributed by atoms with Crippen LogP contribution in [0, 0.1) is 5.89 Å². The Labute approximate surface area is 61.9 Å². The topological polar surface area (TPSA) is 63.3 Å². The summed E-state index contributed by atoms with van der Waals surface area (Å²) in [7, 11) is 0. The standard InChI is InChI=1S/C6H13NO2/c1-4(2)3-5(7)6(8)9/h4-5H,3,7H2,1-2H3,(H,8,9)/t5-/m1/s1/i1D3,2+1,3D,4D/t3-,4+,5-. The van der Waals surface area contributed by atoms with E-state index in [9.17, 15) is 4.79 Å². The Bertz CT molecular complexity index is 227. The van der Waals surface area contributed by atoms with Crippen LogP contribution >= 0.6 is 0 Å². The maximum absolute atomic E-state index is 10.4. The van der Waals surface area contributed by atoms with Gasteiger partial charge in [-0.05, 0) is 12.3 Å². The van der Waals surface area contributed by atoms with Crippen molar-refractivity contribution in [1.82, 2.24) is 0 Å². The van der Waals surface area contributed by atoms with Gasteiger partial charge < -0.3 is 10.8 Å². The molecule has 0 unspecified atom stereocenters. The molecular formula is C6H13NO2. The summed E-state index contributed by atoms with van der Waals surface area (Å²) in [4.78, 5) is 10.4. The first-order valence-corrected chi connectivity index (χ1v) is 2.42. The molecule has 0 fully saturated rings. The molecule has 3 N–H and O–H groups in total. The van der Waals surface area contributed by atoms with E-state index in [1.54, 1.807) is 0 Å². The van der Waals surface area contributed by atoms with E-state index in [2.05, 4.69) is 0 Å². The van der Waals surface area contributed by atoms with Crippen LogP contribution in [0.1, 0.15) is 27.0 Å². The van der Waals surface area contributed by atoms with Gasteiger partial charge in [0.05, 0.1) is 0 Å². The Kier molecular flexibility index (Phi) is 1.16. The normalized spacial score (nSPS) is 33.3. The van der Waals surface area contributed by atoms with E-state index in [4.69, 9.17) is 17.7 Å². The van der Waals surface area contributed by atoms with Crippen molar-refractivity contribution < 1.29 is 16.8 Å². The van der Waals surface area contributed by atoms with Crippen molar-refractivity contribution in [2.45, 2.75) is 26.2 Å². The number of carboxylic acid groups (broad SMARTS) is 1. The molecule has 0 radical (unpaired) electrons. The summed E-state index contributed by atoms with van der Waals surface area (Å²) >= 11 is 0. The highest BCUT2D eigenvalue weighted by Gasteiger charge is 2.11. The summed E-state index contributed by atoms with van der Waals surface area (Å²) in [6.45, 7) is -1.74. The van der Waals surface area contributed by atoms with Crippen molar-refractivity contribution in [2.24, 2.45) is 11.6 Å². The highest BCUT2D eigenvalue weighted by molar-refractivity contribution is 5.72. The van der Waals surface area contributed by atoms with Crippen molar-refractivity contribution in [3.05, 3.63) is 0 Å². The van der Waals surface area contributed by atoms with Crippen LogP contribution in [-0.2, 0) is 4.79 Å². The fourth-order valence-electron chi connectivity index (χ4n) is 0.341. The van der Waals surface area contributed by atoms with Gasteiger partial charge in [-0.1, -0.05) is 13.8 Å². The van der Waals surface area contributed by atoms with Crippen molar-refractivity contribution in [3.63, 3.8) is 0 Å². The second-order valence-electron chi connectivity index (χ2n) is 1.71. The minimum atomic E-state index is -2.73. The number of aliphatic carboxylic acids is 1. The maximum atomic E-state index is 10.4. The summed E-state index contributed by atoms with van der Waals surface area (Å²) in [5.41, 5.74) is 5.09. The number of hydrogen-bond donors (Lipinski definition) is 2. The van der Waals surface area contributed by atoms with E-state index in [-0.39, 0.29) is 0 Å². The molecule has 0 aliphatic carbocycles. The third-order valence-electron chi connectivity index (χ3n) is 0.715. The molecule has 0 aromatic carbocycles. The molecular weight excluding hydrogens is 119 g/mol. The third-order valence-corrected chi connectivity index (χ3v) is 0.715. The molecule has 0 aliphatic rings. The molecule has 0 spiro atoms. The highest BCUT2D eigenvalue weighted by Crippen LogP contribution is 2.01. The first-order valence-electron chi connectivity index (χ1n) is 5.00. The molecule has 0 aliphatic heterocycles. The van der Waals surface area contributed by atoms with Crippen molar-refractivity contribution >= 4 is 5.97 Å². The minimum absolute atomic E-state index is 0.987. The highest BCUT2D eigenvalue weighted by atomic mass is 16.4. The van der Waals surface area contributed by atoms with Crippen LogP contribution in [-0.4, -0.2) is 17.1 Å². The van der Waals surface area contributed by atoms with Gasteiger partial charge in [-0.3, -0.25) is 4.79 Å². The Morgan fingerprint density at radius 3 is 3.11 bits per heavy atom. The third kappa shape index (κ3) is 3.97. The Hall–Kier alpha value is -0.570. The van der Waals surface area contributed by atoms with Crippen LogP contribution in [0.15, 0.2) is 0 Å². The zero-order chi connectivity index (χ0) is 11.7. The largest absolute Gasteiger partial charge is 0.480 e. The average molecular weight is 137 g/mol. The molecule has 0 saturated heterocycles. The van der Waals surface area contributed by atoms with Crippen LogP contribution in [0.3, 0.4) is 0 Å². The number of carbonyl (C=O) groups is 1. The summed E-state index contributed by atoms with van der Waals surface area (Å²) in [6.07, 6.45) is -1.70. The predicted octanol–water partition coefficient (Wildman–Crippen LogP) is 0.444. The lowest BCUT2D eigenvalue weighted by Gasteiger charge is -2.07. The van der Waals surface area contributed by atoms with E-state index in [0.717, 1.165) is 6.92 Å². The molecule has 54 valence electrons. The van der Waals surface area contributed by atoms with Gasteiger partial charge in [0.15, 0.2) is 0 Å². The average Bonchev–Trinajstić information content (AvgIpc) is 1.99. The second-order valence-corrected chi connectivity index (χ2v) is 1.71. The Balaban J connectivity index is 4.84. The monoisotopic (exact) mass is 137 g/mol. The lowest BCUT2D eigenvalue weighted by molar-refractivity contribution is -0.138. The Morgan fingerprint density at radius 2 is 2.78 bits per heavy atom. The predicted molar refractivity (Wildman–Crippen MR) is 35.1 cm³/mol. The molecule has 9 heavy (non-hydrogen) atoms. The molecule has 3 nitrogen and oxygen atoms in total. The van der Waals surface area contributed by atoms with Gasteiger partial charge in [0, 0.05) is 6.85 Å². The lowest BCUT2D eigenvalue weighted by Crippen LogP contribution is -2.31. The maximum Gasteiger partial charge on any atom is 0.320 e. The van der Waals surface area contributed by atoms with E-state index in [0.29, 0.717) is 0 Å². The van der Waals surface area contributed by atoms with Crippen LogP contribution in [0.5, 0.6) is 0 Å². The number of carboxylic acids is 1. The second kappa shape index (κ2) is 3.45. The van der Waals surface area contributed by atoms with E-state index < -0.39 is 31.2 Å². The molecule has 0 amide bonds. The lowest BCUT2D eigenvalue weighted by atomic mass is 10.1. The zero-order valence-electron chi connectivity index (χ0n) is 10.1. The fraction of sp³-hybridized carbons (Fsp3) is 0.833. The van der Waals surface area contributed by atoms with Gasteiger partial charge >= 0.3 is 5.97 Å². The van der Waals surface area contributed by atoms with Gasteiger partial charge in [0.1, 0.15) is 6.04 Å². The molecule has 0 aromatic rings. The van der Waals surface area contributed by atoms with Gasteiger partial charge in [0.2, 0.25) is 0 Å². The van der Waals surface area contributed by atoms with Crippen molar-refractivity contribution in [1.29, 1.82) is 0 Å². The molecule has 0 heterocycles. The molecule has 0 rings (SSSR count). The molecule has 0 aromatic heterocycles. The van der Waals surface area contributed by atoms with Gasteiger partial charge in [-0.15, -0.1) is 0 Å². The van der Waals surface area contributed by atoms with Crippen LogP contribution in [0.2, 0.25) is 0 Å².